The standard InChI is InChI=1S/C18H24FN3O3S.K/c19-7-8-22-10-14(11-22)26(24,25)21-18(23)20-17-15-5-1-3-12(15)9-13-4-2-6-16(13)17;/h9,14H,1-8,10-11H2,(H2,20,21,23);. The van der Waals surface area contributed by atoms with Gasteiger partial charge in [-0.3, -0.25) is 4.90 Å². The Labute approximate surface area is 202 Å². The van der Waals surface area contributed by atoms with Crippen molar-refractivity contribution in [1.82, 2.24) is 9.62 Å². The van der Waals surface area contributed by atoms with Crippen LogP contribution in [0.2, 0.25) is 0 Å². The first-order valence-corrected chi connectivity index (χ1v) is 10.8. The molecule has 6 nitrogen and oxygen atoms in total. The third-order valence-corrected chi connectivity index (χ3v) is 7.36. The van der Waals surface area contributed by atoms with E-state index in [1.807, 2.05) is 0 Å². The van der Waals surface area contributed by atoms with E-state index in [-0.39, 0.29) is 71.0 Å². The number of nitrogens with zero attached hydrogens (tertiary/aromatic N) is 1. The van der Waals surface area contributed by atoms with Crippen LogP contribution >= 0.6 is 0 Å². The number of benzene rings is 1. The Kier molecular flexibility index (Phi) is 7.04. The summed E-state index contributed by atoms with van der Waals surface area (Å²) in [5, 5.41) is 2.18. The van der Waals surface area contributed by atoms with Crippen LogP contribution in [-0.4, -0.2) is 102 Å². The molecule has 0 aromatic heterocycles. The summed E-state index contributed by atoms with van der Waals surface area (Å²) < 4.78 is 39.1. The van der Waals surface area contributed by atoms with Gasteiger partial charge in [-0.15, -0.1) is 0 Å². The second kappa shape index (κ2) is 8.77. The number of anilines is 1. The van der Waals surface area contributed by atoms with E-state index in [0.717, 1.165) is 55.3 Å². The Morgan fingerprint density at radius 3 is 2.26 bits per heavy atom. The van der Waals surface area contributed by atoms with Gasteiger partial charge in [0.15, 0.2) is 0 Å². The number of amides is 2. The molecule has 1 aromatic rings. The van der Waals surface area contributed by atoms with Crippen LogP contribution in [0.15, 0.2) is 6.07 Å². The van der Waals surface area contributed by atoms with E-state index < -0.39 is 28.0 Å². The molecule has 9 heteroatoms. The Balaban J connectivity index is 0.00000210. The Hall–Kier alpha value is -0.0336. The number of alkyl halides is 1. The summed E-state index contributed by atoms with van der Waals surface area (Å²) >= 11 is 0. The molecule has 1 fully saturated rings. The van der Waals surface area contributed by atoms with E-state index in [0.29, 0.717) is 0 Å². The molecule has 1 saturated heterocycles. The van der Waals surface area contributed by atoms with E-state index >= 15 is 0 Å². The number of hydrogen-bond donors (Lipinski definition) is 2. The summed E-state index contributed by atoms with van der Waals surface area (Å²) in [5.41, 5.74) is 5.72. The average molecular weight is 421 g/mol. The second-order valence-electron chi connectivity index (χ2n) is 7.41. The van der Waals surface area contributed by atoms with Crippen molar-refractivity contribution < 1.29 is 17.6 Å². The van der Waals surface area contributed by atoms with Gasteiger partial charge in [0.05, 0.1) is 0 Å². The molecule has 2 aliphatic carbocycles. The van der Waals surface area contributed by atoms with Crippen molar-refractivity contribution in [2.45, 2.75) is 43.8 Å². The second-order valence-corrected chi connectivity index (χ2v) is 9.37. The molecule has 1 radical (unpaired) electrons. The summed E-state index contributed by atoms with van der Waals surface area (Å²) in [6.45, 7) is 0.275. The van der Waals surface area contributed by atoms with E-state index in [9.17, 15) is 17.6 Å². The minimum Gasteiger partial charge on any atom is -0.307 e. The molecule has 1 heterocycles. The van der Waals surface area contributed by atoms with E-state index in [2.05, 4.69) is 16.1 Å². The van der Waals surface area contributed by atoms with Gasteiger partial charge >= 0.3 is 6.03 Å². The van der Waals surface area contributed by atoms with Gasteiger partial charge in [-0.1, -0.05) is 6.07 Å². The number of urea groups is 1. The van der Waals surface area contributed by atoms with Gasteiger partial charge in [-0.05, 0) is 60.8 Å². The third-order valence-electron chi connectivity index (χ3n) is 5.71. The molecule has 0 spiro atoms. The van der Waals surface area contributed by atoms with Crippen LogP contribution in [-0.2, 0) is 35.7 Å². The molecule has 2 amide bonds. The first kappa shape index (κ1) is 21.7. The number of sulfonamides is 1. The van der Waals surface area contributed by atoms with Crippen LogP contribution in [0.25, 0.3) is 0 Å². The third kappa shape index (κ3) is 4.44. The molecule has 4 rings (SSSR count). The predicted molar refractivity (Wildman–Crippen MR) is 104 cm³/mol. The molecule has 3 aliphatic rings. The fourth-order valence-electron chi connectivity index (χ4n) is 4.34. The van der Waals surface area contributed by atoms with Crippen LogP contribution < -0.4 is 10.0 Å². The SMILES string of the molecule is O=C(Nc1c2c(cc3c1CCC3)CCC2)NS(=O)(=O)C1CN(CCF)C1.[K]. The molecular weight excluding hydrogens is 396 g/mol. The molecule has 27 heavy (non-hydrogen) atoms. The minimum atomic E-state index is -3.75. The van der Waals surface area contributed by atoms with Gasteiger partial charge in [0.2, 0.25) is 10.0 Å². The minimum absolute atomic E-state index is 0. The quantitative estimate of drug-likeness (QED) is 0.706. The molecular formula is C18H24FKN3O3S. The largest absolute Gasteiger partial charge is 0.332 e. The van der Waals surface area contributed by atoms with Crippen LogP contribution in [0.1, 0.15) is 35.1 Å². The fraction of sp³-hybridized carbons (Fsp3) is 0.611. The number of aryl methyl sites for hydroxylation is 2. The summed E-state index contributed by atoms with van der Waals surface area (Å²) in [5.74, 6) is 0. The van der Waals surface area contributed by atoms with Crippen LogP contribution in [0.3, 0.4) is 0 Å². The smallest absolute Gasteiger partial charge is 0.307 e. The molecule has 143 valence electrons. The molecule has 0 atom stereocenters. The average Bonchev–Trinajstić information content (AvgIpc) is 3.18. The molecule has 0 saturated carbocycles. The Bertz CT molecular complexity index is 808. The van der Waals surface area contributed by atoms with Gasteiger partial charge < -0.3 is 5.32 Å². The summed E-state index contributed by atoms with van der Waals surface area (Å²) in [7, 11) is -3.75. The summed E-state index contributed by atoms with van der Waals surface area (Å²) in [6, 6.07) is 1.57. The molecule has 0 unspecified atom stereocenters. The number of carbonyl (C=O) groups excluding carboxylic acids is 1. The monoisotopic (exact) mass is 420 g/mol. The zero-order valence-corrected chi connectivity index (χ0v) is 19.6. The predicted octanol–water partition coefficient (Wildman–Crippen LogP) is 1.39. The van der Waals surface area contributed by atoms with Crippen molar-refractivity contribution in [2.75, 3.05) is 31.6 Å². The van der Waals surface area contributed by atoms with Crippen molar-refractivity contribution in [1.29, 1.82) is 0 Å². The number of fused-ring (bicyclic) bond motifs is 2. The maximum absolute atomic E-state index is 12.4. The maximum atomic E-state index is 12.4. The first-order valence-electron chi connectivity index (χ1n) is 9.25. The topological polar surface area (TPSA) is 78.5 Å². The molecule has 0 bridgehead atoms. The summed E-state index contributed by atoms with van der Waals surface area (Å²) in [6.07, 6.45) is 6.02. The number of nitrogens with one attached hydrogen (secondary N) is 2. The zero-order valence-electron chi connectivity index (χ0n) is 15.7. The van der Waals surface area contributed by atoms with E-state index in [1.54, 1.807) is 4.90 Å². The van der Waals surface area contributed by atoms with Crippen molar-refractivity contribution in [2.24, 2.45) is 0 Å². The van der Waals surface area contributed by atoms with Gasteiger partial charge in [0.25, 0.3) is 0 Å². The van der Waals surface area contributed by atoms with E-state index in [1.165, 1.54) is 11.1 Å². The van der Waals surface area contributed by atoms with Gasteiger partial charge in [0, 0.05) is 76.7 Å². The molecule has 2 N–H and O–H groups in total. The van der Waals surface area contributed by atoms with Gasteiger partial charge in [-0.25, -0.2) is 22.3 Å². The summed E-state index contributed by atoms with van der Waals surface area (Å²) in [4.78, 5) is 14.1. The zero-order chi connectivity index (χ0) is 18.3. The van der Waals surface area contributed by atoms with Crippen LogP contribution in [0.5, 0.6) is 0 Å². The Morgan fingerprint density at radius 2 is 1.70 bits per heavy atom. The van der Waals surface area contributed by atoms with Crippen molar-refractivity contribution in [3.05, 3.63) is 28.3 Å². The van der Waals surface area contributed by atoms with Crippen molar-refractivity contribution >= 4 is 73.1 Å². The van der Waals surface area contributed by atoms with Gasteiger partial charge in [-0.2, -0.15) is 0 Å². The van der Waals surface area contributed by atoms with Crippen molar-refractivity contribution in [3.63, 3.8) is 0 Å². The van der Waals surface area contributed by atoms with Crippen molar-refractivity contribution in [3.8, 4) is 0 Å². The molecule has 1 aromatic carbocycles. The van der Waals surface area contributed by atoms with Crippen LogP contribution in [0, 0.1) is 0 Å². The van der Waals surface area contributed by atoms with Gasteiger partial charge in [0.1, 0.15) is 11.9 Å². The van der Waals surface area contributed by atoms with Crippen LogP contribution in [0.4, 0.5) is 14.9 Å². The Morgan fingerprint density at radius 1 is 1.11 bits per heavy atom. The number of carbonyl (C=O) groups is 1. The first-order chi connectivity index (χ1) is 12.5. The number of likely N-dealkylation sites (tertiary alicyclic amines) is 1. The molecule has 1 aliphatic heterocycles. The number of rotatable bonds is 5. The fourth-order valence-corrected chi connectivity index (χ4v) is 5.63. The number of halogens is 1. The number of hydrogen-bond acceptors (Lipinski definition) is 4. The van der Waals surface area contributed by atoms with E-state index in [4.69, 9.17) is 0 Å². The maximum Gasteiger partial charge on any atom is 0.332 e. The normalized spacial score (nSPS) is 19.0.